The van der Waals surface area contributed by atoms with E-state index in [0.717, 1.165) is 53.7 Å². The van der Waals surface area contributed by atoms with Gasteiger partial charge in [-0.25, -0.2) is 4.79 Å². The van der Waals surface area contributed by atoms with Gasteiger partial charge in [-0.1, -0.05) is 66.5 Å². The molecule has 11 heteroatoms. The Morgan fingerprint density at radius 3 is 2.43 bits per heavy atom. The van der Waals surface area contributed by atoms with Crippen LogP contribution in [0.4, 0.5) is 4.79 Å². The molecule has 6 atom stereocenters. The average molecular weight is 797 g/mol. The van der Waals surface area contributed by atoms with Crippen LogP contribution in [0, 0.1) is 31.6 Å². The molecule has 58 heavy (non-hydrogen) atoms. The lowest BCUT2D eigenvalue weighted by Crippen LogP contribution is -2.69. The maximum absolute atomic E-state index is 14.0. The van der Waals surface area contributed by atoms with Gasteiger partial charge in [0.05, 0.1) is 31.5 Å². The number of ether oxygens (including phenoxy) is 5. The number of aliphatic hydroxyl groups excluding tert-OH is 2. The third-order valence-corrected chi connectivity index (χ3v) is 11.9. The molecule has 1 heterocycles. The van der Waals surface area contributed by atoms with E-state index in [4.69, 9.17) is 28.5 Å². The van der Waals surface area contributed by atoms with Crippen molar-refractivity contribution in [1.29, 1.82) is 0 Å². The minimum atomic E-state index is -1.37. The van der Waals surface area contributed by atoms with Crippen LogP contribution in [-0.2, 0) is 25.7 Å². The molecule has 0 radical (unpaired) electrons. The van der Waals surface area contributed by atoms with Gasteiger partial charge in [-0.05, 0) is 104 Å². The number of hydrogen-bond acceptors (Lipinski definition) is 10. The number of amides is 1. The molecule has 3 aromatic carbocycles. The average Bonchev–Trinajstić information content (AvgIpc) is 3.23. The van der Waals surface area contributed by atoms with Gasteiger partial charge in [0.25, 0.3) is 0 Å². The molecule has 0 spiro atoms. The summed E-state index contributed by atoms with van der Waals surface area (Å²) >= 11 is 0. The van der Waals surface area contributed by atoms with Crippen molar-refractivity contribution in [2.45, 2.75) is 83.1 Å². The number of likely N-dealkylation sites (N-methyl/N-ethyl adjacent to an activating group) is 1. The maximum Gasteiger partial charge on any atom is 0.410 e. The SMILES string of the molecule is C=CCOC12Oc3ccc(Oc4ccc(C)c(C)c4)cc3C3C(CCCCO)C(CCCCO)C=C(C(=NOC)CC1N(C)C(=O)OCCOCc1ccccc1)C32. The van der Waals surface area contributed by atoms with Crippen molar-refractivity contribution in [2.24, 2.45) is 22.9 Å². The van der Waals surface area contributed by atoms with Crippen LogP contribution in [0.15, 0.2) is 96.2 Å². The summed E-state index contributed by atoms with van der Waals surface area (Å²) in [5.74, 6) is 0.306. The summed E-state index contributed by atoms with van der Waals surface area (Å²) < 4.78 is 32.3. The van der Waals surface area contributed by atoms with Crippen molar-refractivity contribution < 1.29 is 43.5 Å². The molecule has 6 unspecified atom stereocenters. The van der Waals surface area contributed by atoms with Crippen LogP contribution in [0.25, 0.3) is 0 Å². The second kappa shape index (κ2) is 20.3. The summed E-state index contributed by atoms with van der Waals surface area (Å²) in [6.07, 6.45) is 8.47. The zero-order chi connectivity index (χ0) is 41.1. The maximum atomic E-state index is 14.0. The van der Waals surface area contributed by atoms with Gasteiger partial charge in [-0.15, -0.1) is 6.58 Å². The van der Waals surface area contributed by atoms with Crippen LogP contribution in [0.3, 0.4) is 0 Å². The van der Waals surface area contributed by atoms with Crippen molar-refractivity contribution >= 4 is 11.8 Å². The number of aryl methyl sites for hydroxylation is 2. The highest BCUT2D eigenvalue weighted by Crippen LogP contribution is 2.62. The predicted octanol–water partition coefficient (Wildman–Crippen LogP) is 8.64. The molecule has 2 N–H and O–H groups in total. The van der Waals surface area contributed by atoms with Gasteiger partial charge in [0.15, 0.2) is 0 Å². The van der Waals surface area contributed by atoms with Gasteiger partial charge in [-0.2, -0.15) is 0 Å². The predicted molar refractivity (Wildman–Crippen MR) is 223 cm³/mol. The Kier molecular flexibility index (Phi) is 15.0. The van der Waals surface area contributed by atoms with Crippen LogP contribution in [0.2, 0.25) is 0 Å². The number of benzene rings is 3. The Balaban J connectivity index is 1.42. The van der Waals surface area contributed by atoms with E-state index in [1.807, 2.05) is 54.6 Å². The van der Waals surface area contributed by atoms with Gasteiger partial charge >= 0.3 is 6.09 Å². The molecule has 0 saturated heterocycles. The summed E-state index contributed by atoms with van der Waals surface area (Å²) in [6, 6.07) is 21.2. The normalized spacial score (nSPS) is 23.9. The second-order valence-electron chi connectivity index (χ2n) is 15.6. The first-order chi connectivity index (χ1) is 28.2. The molecule has 312 valence electrons. The van der Waals surface area contributed by atoms with Crippen LogP contribution in [0.1, 0.15) is 73.1 Å². The Morgan fingerprint density at radius 1 is 0.966 bits per heavy atom. The fraction of sp³-hybridized carbons (Fsp3) is 0.489. The fourth-order valence-electron chi connectivity index (χ4n) is 9.00. The van der Waals surface area contributed by atoms with Crippen LogP contribution < -0.4 is 9.47 Å². The molecule has 2 aliphatic carbocycles. The molecule has 1 amide bonds. The third-order valence-electron chi connectivity index (χ3n) is 11.9. The van der Waals surface area contributed by atoms with Crippen molar-refractivity contribution in [2.75, 3.05) is 47.2 Å². The number of allylic oxidation sites excluding steroid dienone is 1. The number of fused-ring (bicyclic) bond motifs is 2. The molecule has 6 rings (SSSR count). The molecule has 0 bridgehead atoms. The number of carbonyl (C=O) groups excluding carboxylic acids is 1. The number of carbonyl (C=O) groups is 1. The number of hydrogen-bond donors (Lipinski definition) is 2. The number of unbranched alkanes of at least 4 members (excludes halogenated alkanes) is 2. The van der Waals surface area contributed by atoms with E-state index < -0.39 is 23.8 Å². The highest BCUT2D eigenvalue weighted by molar-refractivity contribution is 6.02. The van der Waals surface area contributed by atoms with Gasteiger partial charge in [0.1, 0.15) is 37.0 Å². The van der Waals surface area contributed by atoms with Crippen LogP contribution in [-0.4, -0.2) is 85.9 Å². The Morgan fingerprint density at radius 2 is 1.71 bits per heavy atom. The quantitative estimate of drug-likeness (QED) is 0.0656. The molecular formula is C47H60N2O9. The van der Waals surface area contributed by atoms with E-state index in [0.29, 0.717) is 36.7 Å². The summed E-state index contributed by atoms with van der Waals surface area (Å²) in [7, 11) is 3.25. The van der Waals surface area contributed by atoms with Crippen LogP contribution >= 0.6 is 0 Å². The largest absolute Gasteiger partial charge is 0.459 e. The van der Waals surface area contributed by atoms with E-state index in [1.54, 1.807) is 18.0 Å². The lowest BCUT2D eigenvalue weighted by molar-refractivity contribution is -0.253. The third kappa shape index (κ3) is 9.60. The van der Waals surface area contributed by atoms with Gasteiger partial charge in [-0.3, -0.25) is 0 Å². The molecule has 0 aromatic heterocycles. The van der Waals surface area contributed by atoms with Crippen molar-refractivity contribution in [1.82, 2.24) is 4.90 Å². The highest BCUT2D eigenvalue weighted by atomic mass is 16.7. The number of nitrogens with zero attached hydrogens (tertiary/aromatic N) is 2. The van der Waals surface area contributed by atoms with Gasteiger partial charge < -0.3 is 43.6 Å². The Bertz CT molecular complexity index is 1900. The number of aliphatic hydroxyl groups is 2. The van der Waals surface area contributed by atoms with Crippen molar-refractivity contribution in [3.8, 4) is 17.2 Å². The smallest absolute Gasteiger partial charge is 0.410 e. The Labute approximate surface area is 343 Å². The Hall–Kier alpha value is -4.68. The topological polar surface area (TPSA) is 129 Å². The molecule has 3 aromatic rings. The first-order valence-electron chi connectivity index (χ1n) is 20.6. The van der Waals surface area contributed by atoms with Gasteiger partial charge in [0.2, 0.25) is 5.79 Å². The van der Waals surface area contributed by atoms with E-state index in [9.17, 15) is 15.0 Å². The molecular weight excluding hydrogens is 737 g/mol. The molecule has 1 fully saturated rings. The molecule has 1 saturated carbocycles. The van der Waals surface area contributed by atoms with Crippen molar-refractivity contribution in [3.05, 3.63) is 113 Å². The minimum absolute atomic E-state index is 0.0644. The van der Waals surface area contributed by atoms with E-state index in [1.165, 1.54) is 12.7 Å². The first-order valence-corrected chi connectivity index (χ1v) is 20.6. The zero-order valence-corrected chi connectivity index (χ0v) is 34.4. The lowest BCUT2D eigenvalue weighted by atomic mass is 9.55. The summed E-state index contributed by atoms with van der Waals surface area (Å²) in [6.45, 7) is 9.24. The monoisotopic (exact) mass is 796 g/mol. The highest BCUT2D eigenvalue weighted by Gasteiger charge is 2.65. The molecule has 11 nitrogen and oxygen atoms in total. The second-order valence-corrected chi connectivity index (χ2v) is 15.6. The minimum Gasteiger partial charge on any atom is -0.459 e. The van der Waals surface area contributed by atoms with E-state index >= 15 is 0 Å². The number of rotatable bonds is 20. The van der Waals surface area contributed by atoms with Crippen LogP contribution in [0.5, 0.6) is 17.2 Å². The molecule has 3 aliphatic rings. The molecule has 1 aliphatic heterocycles. The zero-order valence-electron chi connectivity index (χ0n) is 34.4. The fourth-order valence-corrected chi connectivity index (χ4v) is 9.00. The number of oxime groups is 1. The standard InChI is InChI=1S/C47H60N2O9/c1-6-24-56-47-43(49(4)46(52)55-26-25-54-31-34-14-8-7-9-15-34)30-41(48-53-5)39-28-35(16-10-12-22-50)38(17-11-13-23-51)44(45(39)47)40-29-37(20-21-42(40)58-47)57-36-19-18-32(2)33(3)27-36/h6-9,14-15,18-21,27-29,35,38,43-45,50-51H,1,10-13,16-17,22-26,30-31H2,2-5H3. The first kappa shape index (κ1) is 42.9. The lowest BCUT2D eigenvalue weighted by Gasteiger charge is -2.59. The van der Waals surface area contributed by atoms with Crippen molar-refractivity contribution in [3.63, 3.8) is 0 Å². The summed E-state index contributed by atoms with van der Waals surface area (Å²) in [4.78, 5) is 21.1. The van der Waals surface area contributed by atoms with E-state index in [-0.39, 0.29) is 57.2 Å². The summed E-state index contributed by atoms with van der Waals surface area (Å²) in [5.41, 5.74) is 6.01. The van der Waals surface area contributed by atoms with Gasteiger partial charge in [0, 0.05) is 38.2 Å². The summed E-state index contributed by atoms with van der Waals surface area (Å²) in [5, 5.41) is 24.3. The van der Waals surface area contributed by atoms with E-state index in [2.05, 4.69) is 43.8 Å².